The zero-order valence-electron chi connectivity index (χ0n) is 11.3. The van der Waals surface area contributed by atoms with Crippen molar-refractivity contribution in [1.29, 1.82) is 0 Å². The van der Waals surface area contributed by atoms with Gasteiger partial charge in [0.05, 0.1) is 12.7 Å². The lowest BCUT2D eigenvalue weighted by atomic mass is 10.00. The van der Waals surface area contributed by atoms with Gasteiger partial charge >= 0.3 is 0 Å². The normalized spacial score (nSPS) is 22.4. The monoisotopic (exact) mass is 270 g/mol. The fraction of sp³-hybridized carbons (Fsp3) is 0.571. The van der Waals surface area contributed by atoms with Crippen LogP contribution < -0.4 is 5.32 Å². The average Bonchev–Trinajstić information content (AvgIpc) is 2.40. The number of likely N-dealkylation sites (N-methyl/N-ethyl adjacent to an activating group) is 2. The minimum atomic E-state index is -0.807. The van der Waals surface area contributed by atoms with Crippen LogP contribution in [-0.2, 0) is 11.2 Å². The number of hydrogen-bond acceptors (Lipinski definition) is 3. The maximum atomic E-state index is 13.2. The maximum absolute atomic E-state index is 13.2. The van der Waals surface area contributed by atoms with Gasteiger partial charge in [0.2, 0.25) is 0 Å². The second-order valence-corrected chi connectivity index (χ2v) is 5.02. The second kappa shape index (κ2) is 6.41. The molecule has 0 aromatic heterocycles. The molecule has 2 unspecified atom stereocenters. The summed E-state index contributed by atoms with van der Waals surface area (Å²) in [5.74, 6) is -1.60. The topological polar surface area (TPSA) is 24.5 Å². The smallest absolute Gasteiger partial charge is 0.159 e. The van der Waals surface area contributed by atoms with Crippen molar-refractivity contribution in [2.45, 2.75) is 18.6 Å². The second-order valence-electron chi connectivity index (χ2n) is 5.02. The van der Waals surface area contributed by atoms with Crippen molar-refractivity contribution >= 4 is 0 Å². The molecule has 1 saturated heterocycles. The highest BCUT2D eigenvalue weighted by molar-refractivity contribution is 5.19. The van der Waals surface area contributed by atoms with Crippen LogP contribution in [0.25, 0.3) is 0 Å². The molecule has 1 aliphatic rings. The van der Waals surface area contributed by atoms with Gasteiger partial charge < -0.3 is 15.0 Å². The molecule has 0 spiro atoms. The molecule has 1 heterocycles. The lowest BCUT2D eigenvalue weighted by molar-refractivity contribution is -0.0372. The summed E-state index contributed by atoms with van der Waals surface area (Å²) in [6, 6.07) is 4.14. The van der Waals surface area contributed by atoms with Gasteiger partial charge in [-0.05, 0) is 38.2 Å². The molecular formula is C14H20F2N2O. The van der Waals surface area contributed by atoms with Crippen molar-refractivity contribution in [3.05, 3.63) is 35.4 Å². The van der Waals surface area contributed by atoms with E-state index in [1.54, 1.807) is 6.07 Å². The van der Waals surface area contributed by atoms with Crippen LogP contribution in [0.1, 0.15) is 5.56 Å². The Morgan fingerprint density at radius 3 is 2.84 bits per heavy atom. The van der Waals surface area contributed by atoms with Gasteiger partial charge in [-0.1, -0.05) is 6.07 Å². The number of halogens is 2. The van der Waals surface area contributed by atoms with Crippen LogP contribution in [0.4, 0.5) is 8.78 Å². The summed E-state index contributed by atoms with van der Waals surface area (Å²) in [6.45, 7) is 2.48. The first-order valence-corrected chi connectivity index (χ1v) is 6.51. The Balaban J connectivity index is 2.03. The van der Waals surface area contributed by atoms with E-state index in [-0.39, 0.29) is 12.1 Å². The van der Waals surface area contributed by atoms with Crippen LogP contribution in [0.3, 0.4) is 0 Å². The molecule has 0 radical (unpaired) electrons. The summed E-state index contributed by atoms with van der Waals surface area (Å²) < 4.78 is 31.9. The average molecular weight is 270 g/mol. The Morgan fingerprint density at radius 1 is 1.42 bits per heavy atom. The van der Waals surface area contributed by atoms with E-state index in [9.17, 15) is 8.78 Å². The molecule has 3 nitrogen and oxygen atoms in total. The Morgan fingerprint density at radius 2 is 2.21 bits per heavy atom. The zero-order valence-corrected chi connectivity index (χ0v) is 11.3. The minimum absolute atomic E-state index is 0.0665. The summed E-state index contributed by atoms with van der Waals surface area (Å²) in [6.07, 6.45) is 0.684. The van der Waals surface area contributed by atoms with Crippen molar-refractivity contribution < 1.29 is 13.5 Å². The van der Waals surface area contributed by atoms with Gasteiger partial charge in [0.1, 0.15) is 0 Å². The summed E-state index contributed by atoms with van der Waals surface area (Å²) in [7, 11) is 3.92. The van der Waals surface area contributed by atoms with Crippen molar-refractivity contribution in [3.63, 3.8) is 0 Å². The van der Waals surface area contributed by atoms with Crippen LogP contribution in [0.15, 0.2) is 18.2 Å². The Labute approximate surface area is 112 Å². The number of ether oxygens (including phenoxy) is 1. The molecule has 1 aromatic carbocycles. The van der Waals surface area contributed by atoms with E-state index < -0.39 is 11.6 Å². The van der Waals surface area contributed by atoms with Crippen molar-refractivity contribution in [3.8, 4) is 0 Å². The molecular weight excluding hydrogens is 250 g/mol. The zero-order chi connectivity index (χ0) is 13.8. The quantitative estimate of drug-likeness (QED) is 0.895. The van der Waals surface area contributed by atoms with Crippen LogP contribution in [-0.4, -0.2) is 50.8 Å². The van der Waals surface area contributed by atoms with Gasteiger partial charge in [0, 0.05) is 19.1 Å². The van der Waals surface area contributed by atoms with Gasteiger partial charge in [0.15, 0.2) is 11.6 Å². The van der Waals surface area contributed by atoms with Gasteiger partial charge in [-0.3, -0.25) is 0 Å². The van der Waals surface area contributed by atoms with E-state index in [2.05, 4.69) is 17.3 Å². The molecule has 0 aliphatic carbocycles. The summed E-state index contributed by atoms with van der Waals surface area (Å²) in [5, 5.41) is 3.21. The lowest BCUT2D eigenvalue weighted by Gasteiger charge is -2.35. The molecule has 0 bridgehead atoms. The number of morpholine rings is 1. The minimum Gasteiger partial charge on any atom is -0.374 e. The SMILES string of the molecule is CNC(Cc1ccc(F)c(F)c1)C1CN(C)CCO1. The van der Waals surface area contributed by atoms with Crippen molar-refractivity contribution in [2.75, 3.05) is 33.8 Å². The molecule has 5 heteroatoms. The molecule has 19 heavy (non-hydrogen) atoms. The molecule has 1 N–H and O–H groups in total. The largest absolute Gasteiger partial charge is 0.374 e. The van der Waals surface area contributed by atoms with Crippen LogP contribution >= 0.6 is 0 Å². The highest BCUT2D eigenvalue weighted by Crippen LogP contribution is 2.15. The number of benzene rings is 1. The predicted octanol–water partition coefficient (Wildman–Crippen LogP) is 1.43. The standard InChI is InChI=1S/C14H20F2N2O/c1-17-13(14-9-18(2)5-6-19-14)8-10-3-4-11(15)12(16)7-10/h3-4,7,13-14,17H,5-6,8-9H2,1-2H3. The van der Waals surface area contributed by atoms with Gasteiger partial charge in [0.25, 0.3) is 0 Å². The summed E-state index contributed by atoms with van der Waals surface area (Å²) in [4.78, 5) is 2.21. The van der Waals surface area contributed by atoms with Gasteiger partial charge in [-0.15, -0.1) is 0 Å². The number of hydrogen-bond donors (Lipinski definition) is 1. The molecule has 0 saturated carbocycles. The predicted molar refractivity (Wildman–Crippen MR) is 70.1 cm³/mol. The van der Waals surface area contributed by atoms with Crippen LogP contribution in [0, 0.1) is 11.6 Å². The third-order valence-corrected chi connectivity index (χ3v) is 3.56. The van der Waals surface area contributed by atoms with Gasteiger partial charge in [-0.2, -0.15) is 0 Å². The molecule has 106 valence electrons. The van der Waals surface area contributed by atoms with E-state index in [0.717, 1.165) is 18.7 Å². The molecule has 2 atom stereocenters. The Hall–Kier alpha value is -1.04. The Kier molecular flexibility index (Phi) is 4.85. The van der Waals surface area contributed by atoms with Crippen molar-refractivity contribution in [1.82, 2.24) is 10.2 Å². The molecule has 1 aromatic rings. The highest BCUT2D eigenvalue weighted by Gasteiger charge is 2.26. The van der Waals surface area contributed by atoms with Gasteiger partial charge in [-0.25, -0.2) is 8.78 Å². The first-order chi connectivity index (χ1) is 9.10. The van der Waals surface area contributed by atoms with E-state index in [0.29, 0.717) is 13.0 Å². The highest BCUT2D eigenvalue weighted by atomic mass is 19.2. The van der Waals surface area contributed by atoms with E-state index in [1.165, 1.54) is 12.1 Å². The Bertz CT molecular complexity index is 428. The van der Waals surface area contributed by atoms with Crippen LogP contribution in [0.5, 0.6) is 0 Å². The molecule has 0 amide bonds. The first kappa shape index (κ1) is 14.4. The fourth-order valence-electron chi connectivity index (χ4n) is 2.39. The third-order valence-electron chi connectivity index (χ3n) is 3.56. The first-order valence-electron chi connectivity index (χ1n) is 6.51. The van der Waals surface area contributed by atoms with Crippen molar-refractivity contribution in [2.24, 2.45) is 0 Å². The van der Waals surface area contributed by atoms with Crippen LogP contribution in [0.2, 0.25) is 0 Å². The molecule has 2 rings (SSSR count). The van der Waals surface area contributed by atoms with E-state index in [4.69, 9.17) is 4.74 Å². The van der Waals surface area contributed by atoms with E-state index in [1.807, 2.05) is 7.05 Å². The summed E-state index contributed by atoms with van der Waals surface area (Å²) in [5.41, 5.74) is 0.773. The number of nitrogens with zero attached hydrogens (tertiary/aromatic N) is 1. The molecule has 1 aliphatic heterocycles. The fourth-order valence-corrected chi connectivity index (χ4v) is 2.39. The van der Waals surface area contributed by atoms with E-state index >= 15 is 0 Å². The summed E-state index contributed by atoms with van der Waals surface area (Å²) >= 11 is 0. The maximum Gasteiger partial charge on any atom is 0.159 e. The molecule has 1 fully saturated rings. The lowest BCUT2D eigenvalue weighted by Crippen LogP contribution is -2.51. The number of nitrogens with one attached hydrogen (secondary N) is 1. The third kappa shape index (κ3) is 3.72. The number of rotatable bonds is 4.